The van der Waals surface area contributed by atoms with E-state index in [0.717, 1.165) is 0 Å². The van der Waals surface area contributed by atoms with Crippen molar-refractivity contribution in [1.82, 2.24) is 0 Å². The first-order valence-electron chi connectivity index (χ1n) is 3.01. The fourth-order valence-corrected chi connectivity index (χ4v) is 0.513. The topological polar surface area (TPSA) is 49.4 Å². The van der Waals surface area contributed by atoms with Crippen molar-refractivity contribution in [2.75, 3.05) is 13.7 Å². The third kappa shape index (κ3) is 3.46. The summed E-state index contributed by atoms with van der Waals surface area (Å²) in [6.07, 6.45) is -0.555. The van der Waals surface area contributed by atoms with Gasteiger partial charge in [0.2, 0.25) is 0 Å². The van der Waals surface area contributed by atoms with E-state index in [0.29, 0.717) is 0 Å². The van der Waals surface area contributed by atoms with Crippen LogP contribution in [-0.2, 0) is 9.84 Å². The van der Waals surface area contributed by atoms with E-state index in [1.807, 2.05) is 0 Å². The van der Waals surface area contributed by atoms with E-state index in [4.69, 9.17) is 9.84 Å². The van der Waals surface area contributed by atoms with Crippen molar-refractivity contribution in [2.45, 2.75) is 25.6 Å². The predicted molar refractivity (Wildman–Crippen MR) is 32.6 cm³/mol. The van der Waals surface area contributed by atoms with Crippen LogP contribution in [0.5, 0.6) is 0 Å². The van der Waals surface area contributed by atoms with Gasteiger partial charge in [-0.05, 0) is 6.92 Å². The van der Waals surface area contributed by atoms with Gasteiger partial charge in [-0.15, -0.1) is 0 Å². The molecule has 2 unspecified atom stereocenters. The van der Waals surface area contributed by atoms with E-state index in [-0.39, 0.29) is 19.1 Å². The van der Waals surface area contributed by atoms with Crippen LogP contribution < -0.4 is 0 Å². The largest absolute Gasteiger partial charge is 0.390 e. The second-order valence-corrected chi connectivity index (χ2v) is 2.00. The van der Waals surface area contributed by atoms with Crippen molar-refractivity contribution in [3.8, 4) is 0 Å². The van der Waals surface area contributed by atoms with Crippen LogP contribution >= 0.6 is 0 Å². The predicted octanol–water partition coefficient (Wildman–Crippen LogP) is 0.203. The van der Waals surface area contributed by atoms with Crippen molar-refractivity contribution in [1.29, 1.82) is 0 Å². The molecule has 0 spiro atoms. The van der Waals surface area contributed by atoms with Gasteiger partial charge >= 0.3 is 0 Å². The van der Waals surface area contributed by atoms with Crippen LogP contribution in [-0.4, -0.2) is 31.0 Å². The lowest BCUT2D eigenvalue weighted by molar-refractivity contribution is -0.0165. The van der Waals surface area contributed by atoms with Crippen molar-refractivity contribution >= 4 is 0 Å². The summed E-state index contributed by atoms with van der Waals surface area (Å²) in [5, 5.41) is 18.9. The maximum absolute atomic E-state index is 9.95. The van der Waals surface area contributed by atoms with Gasteiger partial charge in [0.25, 0.3) is 0 Å². The molecule has 0 aliphatic carbocycles. The number of aliphatic hydroxyl groups is 1. The first-order valence-corrected chi connectivity index (χ1v) is 3.01. The van der Waals surface area contributed by atoms with E-state index in [2.05, 4.69) is 0 Å². The van der Waals surface area contributed by atoms with Crippen molar-refractivity contribution in [3.05, 3.63) is 0 Å². The molecule has 0 fully saturated rings. The van der Waals surface area contributed by atoms with Crippen LogP contribution in [0.1, 0.15) is 13.3 Å². The average molecular weight is 133 g/mol. The summed E-state index contributed by atoms with van der Waals surface area (Å²) in [5.74, 6) is 0. The average Bonchev–Trinajstić information content (AvgIpc) is 1.87. The molecule has 0 aromatic rings. The first-order chi connectivity index (χ1) is 4.22. The van der Waals surface area contributed by atoms with E-state index in [9.17, 15) is 5.11 Å². The molecule has 0 aromatic heterocycles. The van der Waals surface area contributed by atoms with E-state index < -0.39 is 6.10 Å². The molecule has 0 heterocycles. The van der Waals surface area contributed by atoms with Gasteiger partial charge in [0.1, 0.15) is 0 Å². The van der Waals surface area contributed by atoms with Gasteiger partial charge in [0.05, 0.1) is 18.8 Å². The SMILES string of the molecule is COC(C)C(O)CC[O]. The highest BCUT2D eigenvalue weighted by Crippen LogP contribution is 2.00. The summed E-state index contributed by atoms with van der Waals surface area (Å²) >= 11 is 0. The highest BCUT2D eigenvalue weighted by atomic mass is 16.5. The maximum atomic E-state index is 9.95. The maximum Gasteiger partial charge on any atom is 0.0847 e. The van der Waals surface area contributed by atoms with Crippen molar-refractivity contribution < 1.29 is 14.9 Å². The minimum absolute atomic E-state index is 0.223. The Bertz CT molecular complexity index is 65.3. The smallest absolute Gasteiger partial charge is 0.0847 e. The van der Waals surface area contributed by atoms with Crippen molar-refractivity contribution in [2.24, 2.45) is 0 Å². The minimum Gasteiger partial charge on any atom is -0.390 e. The Kier molecular flexibility index (Phi) is 4.67. The van der Waals surface area contributed by atoms with E-state index in [1.165, 1.54) is 7.11 Å². The summed E-state index contributed by atoms with van der Waals surface area (Å²) in [7, 11) is 1.51. The number of hydrogen-bond donors (Lipinski definition) is 1. The Balaban J connectivity index is 3.32. The zero-order valence-electron chi connectivity index (χ0n) is 5.83. The summed E-state index contributed by atoms with van der Waals surface area (Å²) in [4.78, 5) is 0. The molecule has 1 radical (unpaired) electrons. The Morgan fingerprint density at radius 2 is 2.22 bits per heavy atom. The molecule has 2 atom stereocenters. The molecule has 0 aliphatic heterocycles. The second-order valence-electron chi connectivity index (χ2n) is 2.00. The summed E-state index contributed by atoms with van der Waals surface area (Å²) in [5.41, 5.74) is 0. The van der Waals surface area contributed by atoms with Crippen LogP contribution in [0, 0.1) is 0 Å². The molecule has 3 nitrogen and oxygen atoms in total. The third-order valence-corrected chi connectivity index (χ3v) is 1.33. The third-order valence-electron chi connectivity index (χ3n) is 1.33. The lowest BCUT2D eigenvalue weighted by atomic mass is 10.2. The van der Waals surface area contributed by atoms with Gasteiger partial charge in [-0.2, -0.15) is 0 Å². The van der Waals surface area contributed by atoms with Crippen molar-refractivity contribution in [3.63, 3.8) is 0 Å². The normalized spacial score (nSPS) is 17.3. The fraction of sp³-hybridized carbons (Fsp3) is 1.00. The Morgan fingerprint density at radius 1 is 1.67 bits per heavy atom. The molecule has 0 amide bonds. The molecule has 0 aliphatic rings. The number of aliphatic hydroxyl groups excluding tert-OH is 1. The van der Waals surface area contributed by atoms with Crippen LogP contribution in [0.2, 0.25) is 0 Å². The fourth-order valence-electron chi connectivity index (χ4n) is 0.513. The Morgan fingerprint density at radius 3 is 2.56 bits per heavy atom. The molecule has 9 heavy (non-hydrogen) atoms. The van der Waals surface area contributed by atoms with Gasteiger partial charge in [0, 0.05) is 13.5 Å². The molecule has 0 bridgehead atoms. The molecule has 55 valence electrons. The van der Waals surface area contributed by atoms with Gasteiger partial charge in [-0.25, -0.2) is 5.11 Å². The number of methoxy groups -OCH3 is 1. The van der Waals surface area contributed by atoms with Gasteiger partial charge < -0.3 is 9.84 Å². The van der Waals surface area contributed by atoms with Gasteiger partial charge in [-0.3, -0.25) is 0 Å². The Labute approximate surface area is 55.3 Å². The highest BCUT2D eigenvalue weighted by Gasteiger charge is 2.11. The summed E-state index contributed by atoms with van der Waals surface area (Å²) in [6.45, 7) is 1.50. The monoisotopic (exact) mass is 133 g/mol. The molecular weight excluding hydrogens is 120 g/mol. The molecular formula is C6H13O3. The summed E-state index contributed by atoms with van der Waals surface area (Å²) in [6, 6.07) is 0. The van der Waals surface area contributed by atoms with E-state index in [1.54, 1.807) is 6.92 Å². The highest BCUT2D eigenvalue weighted by molar-refractivity contribution is 4.61. The molecule has 0 aromatic carbocycles. The standard InChI is InChI=1S/C6H13O3/c1-5(9-2)6(8)3-4-7/h5-6,8H,3-4H2,1-2H3. The zero-order valence-corrected chi connectivity index (χ0v) is 5.83. The number of hydrogen-bond acceptors (Lipinski definition) is 2. The molecule has 0 saturated heterocycles. The van der Waals surface area contributed by atoms with Crippen LogP contribution in [0.25, 0.3) is 0 Å². The molecule has 1 N–H and O–H groups in total. The van der Waals surface area contributed by atoms with Crippen LogP contribution in [0.3, 0.4) is 0 Å². The lowest BCUT2D eigenvalue weighted by Gasteiger charge is -2.14. The minimum atomic E-state index is -0.604. The lowest BCUT2D eigenvalue weighted by Crippen LogP contribution is -2.25. The summed E-state index contributed by atoms with van der Waals surface area (Å²) < 4.78 is 4.78. The molecule has 3 heteroatoms. The molecule has 0 rings (SSSR count). The second kappa shape index (κ2) is 4.73. The van der Waals surface area contributed by atoms with Gasteiger partial charge in [0.15, 0.2) is 0 Å². The van der Waals surface area contributed by atoms with Gasteiger partial charge in [-0.1, -0.05) is 0 Å². The number of ether oxygens (including phenoxy) is 1. The molecule has 0 saturated carbocycles. The zero-order chi connectivity index (χ0) is 7.28. The van der Waals surface area contributed by atoms with Crippen LogP contribution in [0.4, 0.5) is 0 Å². The van der Waals surface area contributed by atoms with E-state index >= 15 is 0 Å². The quantitative estimate of drug-likeness (QED) is 0.595. The van der Waals surface area contributed by atoms with Crippen LogP contribution in [0.15, 0.2) is 0 Å². The Hall–Kier alpha value is -0.120. The number of rotatable bonds is 4. The first kappa shape index (κ1) is 8.88.